The zero-order chi connectivity index (χ0) is 29.1. The number of anilines is 3. The van der Waals surface area contributed by atoms with Gasteiger partial charge in [-0.25, -0.2) is 14.4 Å². The van der Waals surface area contributed by atoms with E-state index in [2.05, 4.69) is 61.3 Å². The van der Waals surface area contributed by atoms with Crippen LogP contribution in [0.3, 0.4) is 0 Å². The Morgan fingerprint density at radius 1 is 1.10 bits per heavy atom. The van der Waals surface area contributed by atoms with E-state index in [9.17, 15) is 14.9 Å². The first-order chi connectivity index (χ1) is 18.9. The maximum Gasteiger partial charge on any atom is 0.192 e. The molecule has 0 aliphatic heterocycles. The van der Waals surface area contributed by atoms with Crippen LogP contribution in [0.1, 0.15) is 74.8 Å². The van der Waals surface area contributed by atoms with E-state index in [1.54, 1.807) is 12.1 Å². The topological polar surface area (TPSA) is 121 Å². The predicted molar refractivity (Wildman–Crippen MR) is 163 cm³/mol. The molecular weight excluding hydrogens is 560 g/mol. The van der Waals surface area contributed by atoms with Gasteiger partial charge in [-0.2, -0.15) is 10.5 Å². The minimum atomic E-state index is -1.88. The van der Waals surface area contributed by atoms with Crippen molar-refractivity contribution in [2.45, 2.75) is 87.4 Å². The highest BCUT2D eigenvalue weighted by molar-refractivity contribution is 7.98. The second-order valence-corrected chi connectivity index (χ2v) is 18.2. The van der Waals surface area contributed by atoms with Crippen molar-refractivity contribution in [1.82, 2.24) is 9.97 Å². The summed E-state index contributed by atoms with van der Waals surface area (Å²) in [4.78, 5) is 9.07. The first kappa shape index (κ1) is 30.0. The molecule has 40 heavy (non-hydrogen) atoms. The van der Waals surface area contributed by atoms with Gasteiger partial charge in [0.05, 0.1) is 16.8 Å². The van der Waals surface area contributed by atoms with E-state index in [1.807, 2.05) is 5.38 Å². The fraction of sp³-hybridized carbons (Fsp3) is 0.448. The molecule has 0 unspecified atom stereocenters. The Bertz CT molecular complexity index is 1430. The third-order valence-electron chi connectivity index (χ3n) is 7.81. The molecule has 7 nitrogen and oxygen atoms in total. The van der Waals surface area contributed by atoms with Gasteiger partial charge in [-0.15, -0.1) is 11.3 Å². The summed E-state index contributed by atoms with van der Waals surface area (Å²) in [5.41, 5.74) is 9.30. The van der Waals surface area contributed by atoms with Crippen LogP contribution in [-0.2, 0) is 10.2 Å². The summed E-state index contributed by atoms with van der Waals surface area (Å²) in [6.07, 6.45) is 3.64. The molecule has 1 saturated carbocycles. The number of rotatable bonds is 8. The highest BCUT2D eigenvalue weighted by atomic mass is 32.2. The lowest BCUT2D eigenvalue weighted by Crippen LogP contribution is -2.44. The van der Waals surface area contributed by atoms with Crippen LogP contribution < -0.4 is 11.1 Å². The van der Waals surface area contributed by atoms with Crippen LogP contribution in [0.25, 0.3) is 0 Å². The van der Waals surface area contributed by atoms with Gasteiger partial charge in [-0.05, 0) is 79.6 Å². The summed E-state index contributed by atoms with van der Waals surface area (Å²) >= 11 is 2.84. The highest BCUT2D eigenvalue weighted by Gasteiger charge is 2.40. The van der Waals surface area contributed by atoms with E-state index in [-0.39, 0.29) is 28.7 Å². The van der Waals surface area contributed by atoms with Crippen LogP contribution in [0.2, 0.25) is 18.1 Å². The van der Waals surface area contributed by atoms with Crippen molar-refractivity contribution < 1.29 is 8.82 Å². The number of nitrogens with one attached hydrogen (secondary N) is 1. The number of thiazole rings is 1. The Kier molecular flexibility index (Phi) is 9.21. The zero-order valence-electron chi connectivity index (χ0n) is 23.5. The van der Waals surface area contributed by atoms with Crippen LogP contribution in [0, 0.1) is 28.5 Å². The van der Waals surface area contributed by atoms with Crippen molar-refractivity contribution in [3.05, 3.63) is 57.8 Å². The van der Waals surface area contributed by atoms with Crippen LogP contribution in [0.5, 0.6) is 0 Å². The second kappa shape index (κ2) is 12.3. The van der Waals surface area contributed by atoms with E-state index in [0.717, 1.165) is 42.6 Å². The number of thioether (sulfide) groups is 1. The number of aromatic nitrogens is 2. The number of nitrogens with two attached hydrogens (primary N) is 1. The minimum Gasteiger partial charge on any atom is -0.414 e. The monoisotopic (exact) mass is 594 g/mol. The summed E-state index contributed by atoms with van der Waals surface area (Å²) in [5, 5.41) is 26.6. The van der Waals surface area contributed by atoms with Gasteiger partial charge in [0.2, 0.25) is 0 Å². The van der Waals surface area contributed by atoms with Crippen molar-refractivity contribution in [3.8, 4) is 12.1 Å². The van der Waals surface area contributed by atoms with Gasteiger partial charge < -0.3 is 15.5 Å². The summed E-state index contributed by atoms with van der Waals surface area (Å²) in [6, 6.07) is 10.7. The lowest BCUT2D eigenvalue weighted by molar-refractivity contribution is 0.130. The molecule has 210 valence electrons. The molecule has 1 aliphatic rings. The quantitative estimate of drug-likeness (QED) is 0.198. The van der Waals surface area contributed by atoms with Crippen LogP contribution in [-0.4, -0.2) is 24.4 Å². The molecule has 1 fully saturated rings. The van der Waals surface area contributed by atoms with E-state index >= 15 is 0 Å². The summed E-state index contributed by atoms with van der Waals surface area (Å²) in [6.45, 7) is 11.3. The molecule has 1 aliphatic carbocycles. The molecule has 1 aromatic carbocycles. The zero-order valence-corrected chi connectivity index (χ0v) is 26.2. The van der Waals surface area contributed by atoms with E-state index in [1.165, 1.54) is 35.2 Å². The molecule has 3 N–H and O–H groups in total. The largest absolute Gasteiger partial charge is 0.414 e. The maximum absolute atomic E-state index is 13.2. The average molecular weight is 595 g/mol. The van der Waals surface area contributed by atoms with Crippen molar-refractivity contribution in [2.24, 2.45) is 0 Å². The summed E-state index contributed by atoms with van der Waals surface area (Å²) in [5.74, 6) is 0.409. The van der Waals surface area contributed by atoms with Gasteiger partial charge in [0.1, 0.15) is 28.8 Å². The molecule has 0 atom stereocenters. The Morgan fingerprint density at radius 3 is 2.35 bits per heavy atom. The number of benzene rings is 1. The summed E-state index contributed by atoms with van der Waals surface area (Å²) in [7, 11) is -1.88. The normalized spacial score (nSPS) is 17.7. The Morgan fingerprint density at radius 2 is 1.75 bits per heavy atom. The standard InChI is InChI=1S/C29H35FN6OS2Si/c1-29(2,3)40(4,5)37-22-12-6-18(7-13-22)25-23(14-31)26(33)36-27(24(25)15-32)38-16-21-17-39-28(35-21)34-20-10-8-19(30)9-11-20/h8-11,17-18,22H,6-7,12-13,16H2,1-5H3,(H2,33,36)(H,34,35). The Labute approximate surface area is 245 Å². The van der Waals surface area contributed by atoms with Gasteiger partial charge in [0, 0.05) is 22.9 Å². The molecule has 2 aromatic heterocycles. The van der Waals surface area contributed by atoms with Gasteiger partial charge in [0.25, 0.3) is 0 Å². The van der Waals surface area contributed by atoms with Crippen LogP contribution in [0.4, 0.5) is 21.0 Å². The second-order valence-electron chi connectivity index (χ2n) is 11.6. The number of hydrogen-bond donors (Lipinski definition) is 2. The molecule has 4 rings (SSSR count). The molecule has 2 heterocycles. The number of nitriles is 2. The van der Waals surface area contributed by atoms with Crippen molar-refractivity contribution >= 4 is 48.1 Å². The fourth-order valence-electron chi connectivity index (χ4n) is 4.63. The molecule has 11 heteroatoms. The molecule has 3 aromatic rings. The average Bonchev–Trinajstić information content (AvgIpc) is 3.35. The molecule has 0 saturated heterocycles. The molecule has 0 amide bonds. The molecule has 0 radical (unpaired) electrons. The van der Waals surface area contributed by atoms with Gasteiger partial charge in [-0.3, -0.25) is 0 Å². The van der Waals surface area contributed by atoms with Crippen molar-refractivity contribution in [1.29, 1.82) is 10.5 Å². The fourth-order valence-corrected chi connectivity index (χ4v) is 7.78. The van der Waals surface area contributed by atoms with E-state index < -0.39 is 8.32 Å². The molecule has 0 spiro atoms. The lowest BCUT2D eigenvalue weighted by Gasteiger charge is -2.41. The first-order valence-electron chi connectivity index (χ1n) is 13.3. The lowest BCUT2D eigenvalue weighted by atomic mass is 9.79. The number of hydrogen-bond acceptors (Lipinski definition) is 9. The van der Waals surface area contributed by atoms with Gasteiger partial charge >= 0.3 is 0 Å². The number of pyridine rings is 1. The molecule has 0 bridgehead atoms. The van der Waals surface area contributed by atoms with Crippen molar-refractivity contribution in [2.75, 3.05) is 11.1 Å². The molecular formula is C29H35FN6OS2Si. The first-order valence-corrected chi connectivity index (χ1v) is 18.1. The third-order valence-corrected chi connectivity index (χ3v) is 14.2. The van der Waals surface area contributed by atoms with Gasteiger partial charge in [0.15, 0.2) is 13.4 Å². The van der Waals surface area contributed by atoms with E-state index in [0.29, 0.717) is 27.0 Å². The maximum atomic E-state index is 13.2. The summed E-state index contributed by atoms with van der Waals surface area (Å²) < 4.78 is 19.8. The number of halogens is 1. The highest BCUT2D eigenvalue weighted by Crippen LogP contribution is 2.44. The predicted octanol–water partition coefficient (Wildman–Crippen LogP) is 8.09. The van der Waals surface area contributed by atoms with Crippen LogP contribution in [0.15, 0.2) is 34.7 Å². The minimum absolute atomic E-state index is 0.0546. The number of nitrogen functional groups attached to an aromatic ring is 1. The third kappa shape index (κ3) is 6.84. The van der Waals surface area contributed by atoms with Crippen LogP contribution >= 0.6 is 23.1 Å². The Hall–Kier alpha value is -2.96. The Balaban J connectivity index is 1.49. The SMILES string of the molecule is CC(C)(C)[Si](C)(C)OC1CCC(c2c(C#N)c(N)nc(SCc3csc(Nc4ccc(F)cc4)n3)c2C#N)CC1. The van der Waals surface area contributed by atoms with Crippen molar-refractivity contribution in [3.63, 3.8) is 0 Å². The van der Waals surface area contributed by atoms with E-state index in [4.69, 9.17) is 10.2 Å². The van der Waals surface area contributed by atoms with Gasteiger partial charge in [-0.1, -0.05) is 32.5 Å². The smallest absolute Gasteiger partial charge is 0.192 e. The number of nitrogens with zero attached hydrogens (tertiary/aromatic N) is 4.